The smallest absolute Gasteiger partial charge is 0.255 e. The maximum Gasteiger partial charge on any atom is 0.255 e. The third-order valence-corrected chi connectivity index (χ3v) is 8.50. The van der Waals surface area contributed by atoms with E-state index in [4.69, 9.17) is 5.73 Å². The number of aliphatic hydroxyl groups is 3. The van der Waals surface area contributed by atoms with Gasteiger partial charge in [0.25, 0.3) is 5.91 Å². The number of ketones is 2. The molecule has 3 aliphatic carbocycles. The van der Waals surface area contributed by atoms with Gasteiger partial charge in [-0.1, -0.05) is 33.3 Å². The van der Waals surface area contributed by atoms with Crippen molar-refractivity contribution >= 4 is 23.2 Å². The van der Waals surface area contributed by atoms with E-state index in [0.717, 1.165) is 24.0 Å². The number of benzene rings is 1. The summed E-state index contributed by atoms with van der Waals surface area (Å²) in [6, 6.07) is 0.878. The molecule has 206 valence electrons. The summed E-state index contributed by atoms with van der Waals surface area (Å²) in [7, 11) is 3.17. The summed E-state index contributed by atoms with van der Waals surface area (Å²) >= 11 is 0. The first kappa shape index (κ1) is 27.9. The number of Topliss-reactive ketones (excluding diaryl/α,β-unsaturated/α-hetero) is 2. The number of carbonyl (C=O) groups is 3. The number of carbonyl (C=O) groups excluding carboxylic acids is 3. The van der Waals surface area contributed by atoms with Crippen molar-refractivity contribution in [3.8, 4) is 5.75 Å². The highest BCUT2D eigenvalue weighted by Gasteiger charge is 2.64. The van der Waals surface area contributed by atoms with Gasteiger partial charge < -0.3 is 26.2 Å². The van der Waals surface area contributed by atoms with Gasteiger partial charge in [-0.3, -0.25) is 19.3 Å². The Morgan fingerprint density at radius 3 is 2.39 bits per heavy atom. The molecule has 38 heavy (non-hydrogen) atoms. The molecule has 0 unspecified atom stereocenters. The Bertz CT molecular complexity index is 1280. The molecule has 0 aliphatic heterocycles. The van der Waals surface area contributed by atoms with Crippen molar-refractivity contribution in [1.29, 1.82) is 0 Å². The molecule has 0 radical (unpaired) electrons. The van der Waals surface area contributed by atoms with Crippen LogP contribution in [0.3, 0.4) is 0 Å². The zero-order chi connectivity index (χ0) is 28.3. The van der Waals surface area contributed by atoms with Crippen LogP contribution in [0.4, 0.5) is 0 Å². The van der Waals surface area contributed by atoms with Crippen molar-refractivity contribution in [1.82, 2.24) is 4.90 Å². The lowest BCUT2D eigenvalue weighted by Crippen LogP contribution is -2.65. The fraction of sp³-hybridized carbons (Fsp3) is 0.552. The Hall–Kier alpha value is -3.17. The number of nitrogens with two attached hydrogens (primary N) is 1. The molecule has 3 aliphatic rings. The Balaban J connectivity index is 1.91. The van der Waals surface area contributed by atoms with Gasteiger partial charge in [-0.15, -0.1) is 0 Å². The van der Waals surface area contributed by atoms with E-state index >= 15 is 0 Å². The second-order valence-electron chi connectivity index (χ2n) is 11.5. The first-order valence-electron chi connectivity index (χ1n) is 13.3. The molecule has 4 rings (SSSR count). The van der Waals surface area contributed by atoms with Crippen LogP contribution in [0.25, 0.3) is 5.76 Å². The highest BCUT2D eigenvalue weighted by atomic mass is 16.3. The number of phenolic OH excluding ortho intramolecular Hbond substituents is 1. The van der Waals surface area contributed by atoms with Gasteiger partial charge in [0.1, 0.15) is 22.8 Å². The maximum absolute atomic E-state index is 14.0. The van der Waals surface area contributed by atoms with Crippen molar-refractivity contribution in [2.45, 2.75) is 70.9 Å². The van der Waals surface area contributed by atoms with Gasteiger partial charge in [0.2, 0.25) is 5.78 Å². The fourth-order valence-corrected chi connectivity index (χ4v) is 6.66. The summed E-state index contributed by atoms with van der Waals surface area (Å²) in [6.07, 6.45) is 3.49. The summed E-state index contributed by atoms with van der Waals surface area (Å²) in [5.74, 6) is -5.71. The number of aryl methyl sites for hydroxylation is 2. The van der Waals surface area contributed by atoms with Crippen LogP contribution < -0.4 is 5.73 Å². The van der Waals surface area contributed by atoms with Crippen molar-refractivity contribution < 1.29 is 34.8 Å². The predicted molar refractivity (Wildman–Crippen MR) is 141 cm³/mol. The predicted octanol–water partition coefficient (Wildman–Crippen LogP) is 2.51. The van der Waals surface area contributed by atoms with Crippen molar-refractivity contribution in [2.75, 3.05) is 14.1 Å². The van der Waals surface area contributed by atoms with E-state index in [1.54, 1.807) is 14.1 Å². The van der Waals surface area contributed by atoms with Gasteiger partial charge >= 0.3 is 0 Å². The zero-order valence-electron chi connectivity index (χ0n) is 22.7. The summed E-state index contributed by atoms with van der Waals surface area (Å²) in [5.41, 5.74) is 4.38. The number of aromatic hydroxyl groups is 1. The molecule has 1 amide bonds. The Morgan fingerprint density at radius 2 is 1.84 bits per heavy atom. The lowest BCUT2D eigenvalue weighted by atomic mass is 9.57. The van der Waals surface area contributed by atoms with E-state index in [2.05, 4.69) is 13.8 Å². The number of rotatable bonds is 7. The minimum absolute atomic E-state index is 0.0890. The number of hydrogen-bond acceptors (Lipinski definition) is 8. The molecule has 1 aromatic carbocycles. The minimum Gasteiger partial charge on any atom is -0.508 e. The van der Waals surface area contributed by atoms with Crippen molar-refractivity contribution in [3.05, 3.63) is 45.2 Å². The lowest BCUT2D eigenvalue weighted by Gasteiger charge is -2.50. The lowest BCUT2D eigenvalue weighted by molar-refractivity contribution is -0.153. The van der Waals surface area contributed by atoms with Gasteiger partial charge in [-0.2, -0.15) is 0 Å². The third-order valence-electron chi connectivity index (χ3n) is 8.50. The van der Waals surface area contributed by atoms with E-state index in [1.807, 2.05) is 13.0 Å². The average Bonchev–Trinajstić information content (AvgIpc) is 2.82. The minimum atomic E-state index is -2.62. The fourth-order valence-electron chi connectivity index (χ4n) is 6.66. The number of amides is 1. The van der Waals surface area contributed by atoms with Crippen LogP contribution >= 0.6 is 0 Å². The number of phenols is 1. The highest BCUT2D eigenvalue weighted by molar-refractivity contribution is 6.24. The molecule has 1 saturated carbocycles. The molecule has 0 saturated heterocycles. The number of likely N-dealkylation sites (N-methyl/N-ethyl adjacent to an activating group) is 1. The number of nitrogens with zero attached hydrogens (tertiary/aromatic N) is 1. The van der Waals surface area contributed by atoms with E-state index in [-0.39, 0.29) is 23.3 Å². The zero-order valence-corrected chi connectivity index (χ0v) is 22.7. The van der Waals surface area contributed by atoms with Gasteiger partial charge in [-0.25, -0.2) is 0 Å². The van der Waals surface area contributed by atoms with Crippen molar-refractivity contribution in [2.24, 2.45) is 23.5 Å². The van der Waals surface area contributed by atoms with Crippen LogP contribution in [0.2, 0.25) is 0 Å². The Morgan fingerprint density at radius 1 is 1.18 bits per heavy atom. The van der Waals surface area contributed by atoms with Crippen LogP contribution in [-0.2, 0) is 33.6 Å². The molecule has 9 heteroatoms. The third kappa shape index (κ3) is 4.03. The largest absolute Gasteiger partial charge is 0.508 e. The standard InChI is InChI=1S/C29H38N2O7/c1-6-14-10-15(9-7-8-13(2)3)23(32)20-17(14)11-16-12-18-22(31(4)5)25(34)21(28(30)37)27(36)29(18,38)26(35)19(16)24(20)33/h10,13,16,18,22,32-33,36,38H,6-9,11-12H2,1-5H3,(H2,30,37)/t16-,18-,22+,29-/m0/s1. The molecule has 0 spiro atoms. The quantitative estimate of drug-likeness (QED) is 0.339. The number of hydrogen-bond donors (Lipinski definition) is 5. The molecular weight excluding hydrogens is 488 g/mol. The first-order chi connectivity index (χ1) is 17.8. The van der Waals surface area contributed by atoms with Gasteiger partial charge in [0.05, 0.1) is 11.6 Å². The molecule has 6 N–H and O–H groups in total. The van der Waals surface area contributed by atoms with Crippen LogP contribution in [0.1, 0.15) is 62.3 Å². The van der Waals surface area contributed by atoms with E-state index in [1.165, 1.54) is 4.90 Å². The molecule has 0 heterocycles. The second-order valence-corrected chi connectivity index (χ2v) is 11.5. The number of primary amides is 1. The van der Waals surface area contributed by atoms with Crippen LogP contribution in [0.5, 0.6) is 5.75 Å². The Labute approximate surface area is 222 Å². The molecule has 1 fully saturated rings. The first-order valence-corrected chi connectivity index (χ1v) is 13.3. The Kier molecular flexibility index (Phi) is 7.22. The van der Waals surface area contributed by atoms with Gasteiger partial charge in [-0.05, 0) is 74.7 Å². The van der Waals surface area contributed by atoms with Crippen LogP contribution in [0.15, 0.2) is 23.0 Å². The second kappa shape index (κ2) is 9.85. The van der Waals surface area contributed by atoms with Crippen LogP contribution in [-0.4, -0.2) is 68.5 Å². The maximum atomic E-state index is 14.0. The van der Waals surface area contributed by atoms with Gasteiger partial charge in [0.15, 0.2) is 11.4 Å². The van der Waals surface area contributed by atoms with Crippen molar-refractivity contribution in [3.63, 3.8) is 0 Å². The van der Waals surface area contributed by atoms with E-state index < -0.39 is 58.0 Å². The average molecular weight is 527 g/mol. The molecular formula is C29H38N2O7. The summed E-state index contributed by atoms with van der Waals surface area (Å²) in [6.45, 7) is 6.24. The summed E-state index contributed by atoms with van der Waals surface area (Å²) < 4.78 is 0. The van der Waals surface area contributed by atoms with Gasteiger partial charge in [0, 0.05) is 11.5 Å². The van der Waals surface area contributed by atoms with E-state index in [0.29, 0.717) is 30.7 Å². The SMILES string of the molecule is CCc1cc(CCCC(C)C)c(O)c2c1C[C@H]1C[C@H]3[C@@H](N(C)C)C(=O)C(C(N)=O)=C(O)[C@@]3(O)C(=O)C1=C2O. The normalized spacial score (nSPS) is 27.1. The molecule has 1 aromatic rings. The number of aliphatic hydroxyl groups excluding tert-OH is 2. The summed E-state index contributed by atoms with van der Waals surface area (Å²) in [4.78, 5) is 40.7. The topological polar surface area (TPSA) is 161 Å². The van der Waals surface area contributed by atoms with Crippen LogP contribution in [0, 0.1) is 17.8 Å². The molecule has 0 bridgehead atoms. The summed E-state index contributed by atoms with van der Waals surface area (Å²) in [5, 5.41) is 45.4. The van der Waals surface area contributed by atoms with E-state index in [9.17, 15) is 34.8 Å². The number of fused-ring (bicyclic) bond motifs is 3. The molecule has 4 atom stereocenters. The molecule has 0 aromatic heterocycles. The highest BCUT2D eigenvalue weighted by Crippen LogP contribution is 2.53. The monoisotopic (exact) mass is 526 g/mol. The molecule has 9 nitrogen and oxygen atoms in total.